The maximum atomic E-state index is 12.3. The second-order valence-electron chi connectivity index (χ2n) is 7.96. The summed E-state index contributed by atoms with van der Waals surface area (Å²) < 4.78 is 11.2. The molecule has 0 bridgehead atoms. The summed E-state index contributed by atoms with van der Waals surface area (Å²) in [6.07, 6.45) is 4.37. The van der Waals surface area contributed by atoms with Gasteiger partial charge in [0.1, 0.15) is 0 Å². The highest BCUT2D eigenvalue weighted by atomic mass is 32.2. The number of carbonyl (C=O) groups excluding carboxylic acids is 1. The molecule has 1 aliphatic rings. The molecule has 7 heteroatoms. The van der Waals surface area contributed by atoms with Crippen LogP contribution in [0.25, 0.3) is 0 Å². The molecule has 2 aromatic rings. The highest BCUT2D eigenvalue weighted by Gasteiger charge is 2.30. The van der Waals surface area contributed by atoms with E-state index in [1.807, 2.05) is 18.2 Å². The molecule has 1 aliphatic heterocycles. The molecule has 1 atom stereocenters. The molecule has 1 amide bonds. The van der Waals surface area contributed by atoms with Crippen molar-refractivity contribution in [2.24, 2.45) is 10.2 Å². The monoisotopic (exact) mass is 453 g/mol. The van der Waals surface area contributed by atoms with Crippen molar-refractivity contribution in [3.63, 3.8) is 0 Å². The van der Waals surface area contributed by atoms with Crippen LogP contribution in [0, 0.1) is 0 Å². The molecule has 1 N–H and O–H groups in total. The fraction of sp³-hybridized carbons (Fsp3) is 0.400. The van der Waals surface area contributed by atoms with E-state index < -0.39 is 0 Å². The lowest BCUT2D eigenvalue weighted by Crippen LogP contribution is -2.25. The Morgan fingerprint density at radius 3 is 2.62 bits per heavy atom. The standard InChI is InChI=1S/C25H31N3O3S/c1-5-6-13-31-21-12-9-19(14-22(21)30-4)16-26-28-25-27-24(29)23(32-25)15-18-7-10-20(11-8-18)17(2)3/h7-12,14,16-17,23H,5-6,13,15H2,1-4H3,(H,27,28,29)/b26-16-/t23-/m1/s1. The number of carbonyl (C=O) groups is 1. The van der Waals surface area contributed by atoms with Crippen LogP contribution >= 0.6 is 11.8 Å². The predicted octanol–water partition coefficient (Wildman–Crippen LogP) is 5.16. The largest absolute Gasteiger partial charge is 0.493 e. The number of hydrogen-bond acceptors (Lipinski definition) is 6. The Hall–Kier alpha value is -2.80. The van der Waals surface area contributed by atoms with E-state index in [1.165, 1.54) is 17.3 Å². The number of ether oxygens (including phenoxy) is 2. The van der Waals surface area contributed by atoms with Gasteiger partial charge in [-0.2, -0.15) is 5.10 Å². The Balaban J connectivity index is 1.59. The molecular weight excluding hydrogens is 422 g/mol. The highest BCUT2D eigenvalue weighted by Crippen LogP contribution is 2.28. The molecule has 1 fully saturated rings. The van der Waals surface area contributed by atoms with Crippen molar-refractivity contribution in [1.82, 2.24) is 5.32 Å². The zero-order valence-electron chi connectivity index (χ0n) is 19.1. The van der Waals surface area contributed by atoms with Crippen molar-refractivity contribution in [3.8, 4) is 11.5 Å². The molecule has 3 rings (SSSR count). The maximum absolute atomic E-state index is 12.3. The van der Waals surface area contributed by atoms with Crippen LogP contribution in [0.5, 0.6) is 11.5 Å². The third kappa shape index (κ3) is 6.60. The first kappa shape index (κ1) is 23.9. The number of rotatable bonds is 10. The second kappa shape index (κ2) is 11.7. The zero-order valence-corrected chi connectivity index (χ0v) is 19.9. The predicted molar refractivity (Wildman–Crippen MR) is 132 cm³/mol. The fourth-order valence-corrected chi connectivity index (χ4v) is 4.16. The van der Waals surface area contributed by atoms with Crippen LogP contribution in [0.3, 0.4) is 0 Å². The summed E-state index contributed by atoms with van der Waals surface area (Å²) in [4.78, 5) is 12.3. The van der Waals surface area contributed by atoms with Crippen molar-refractivity contribution in [2.45, 2.75) is 51.2 Å². The minimum absolute atomic E-state index is 0.0351. The molecule has 0 aromatic heterocycles. The van der Waals surface area contributed by atoms with Gasteiger partial charge in [0.05, 0.1) is 25.2 Å². The summed E-state index contributed by atoms with van der Waals surface area (Å²) in [6, 6.07) is 14.1. The lowest BCUT2D eigenvalue weighted by Gasteiger charge is -2.10. The minimum Gasteiger partial charge on any atom is -0.493 e. The summed E-state index contributed by atoms with van der Waals surface area (Å²) >= 11 is 1.41. The summed E-state index contributed by atoms with van der Waals surface area (Å²) in [5.74, 6) is 1.83. The number of nitrogens with zero attached hydrogens (tertiary/aromatic N) is 2. The van der Waals surface area contributed by atoms with Gasteiger partial charge in [-0.15, -0.1) is 5.10 Å². The SMILES string of the molecule is CCCCOc1ccc(/C=N\N=C2\NC(=O)[C@@H](Cc3ccc(C(C)C)cc3)S2)cc1OC. The average molecular weight is 454 g/mol. The van der Waals surface area contributed by atoms with Crippen molar-refractivity contribution in [1.29, 1.82) is 0 Å². The number of methoxy groups -OCH3 is 1. The molecule has 1 saturated heterocycles. The average Bonchev–Trinajstić information content (AvgIpc) is 3.13. The molecule has 170 valence electrons. The Labute approximate surface area is 194 Å². The Kier molecular flexibility index (Phi) is 8.73. The molecule has 1 heterocycles. The van der Waals surface area contributed by atoms with E-state index in [4.69, 9.17) is 9.47 Å². The topological polar surface area (TPSA) is 72.3 Å². The van der Waals surface area contributed by atoms with Crippen LogP contribution in [0.1, 0.15) is 56.2 Å². The number of amidine groups is 1. The van der Waals surface area contributed by atoms with Crippen molar-refractivity contribution in [3.05, 3.63) is 59.2 Å². The second-order valence-corrected chi connectivity index (χ2v) is 9.15. The van der Waals surface area contributed by atoms with Gasteiger partial charge in [-0.05, 0) is 53.6 Å². The summed E-state index contributed by atoms with van der Waals surface area (Å²) in [5.41, 5.74) is 3.27. The van der Waals surface area contributed by atoms with Crippen LogP contribution in [0.2, 0.25) is 0 Å². The maximum Gasteiger partial charge on any atom is 0.239 e. The molecular formula is C25H31N3O3S. The third-order valence-electron chi connectivity index (χ3n) is 5.14. The lowest BCUT2D eigenvalue weighted by molar-refractivity contribution is -0.118. The first-order chi connectivity index (χ1) is 15.5. The van der Waals surface area contributed by atoms with Gasteiger partial charge < -0.3 is 14.8 Å². The van der Waals surface area contributed by atoms with E-state index in [0.717, 1.165) is 24.0 Å². The van der Waals surface area contributed by atoms with Gasteiger partial charge in [0.25, 0.3) is 0 Å². The van der Waals surface area contributed by atoms with Crippen LogP contribution in [0.15, 0.2) is 52.7 Å². The molecule has 6 nitrogen and oxygen atoms in total. The van der Waals surface area contributed by atoms with E-state index in [9.17, 15) is 4.79 Å². The van der Waals surface area contributed by atoms with Gasteiger partial charge in [-0.3, -0.25) is 4.79 Å². The van der Waals surface area contributed by atoms with E-state index in [2.05, 4.69) is 60.6 Å². The number of benzene rings is 2. The smallest absolute Gasteiger partial charge is 0.239 e. The Bertz CT molecular complexity index is 971. The summed E-state index contributed by atoms with van der Waals surface area (Å²) in [7, 11) is 1.62. The van der Waals surface area contributed by atoms with Crippen molar-refractivity contribution in [2.75, 3.05) is 13.7 Å². The Morgan fingerprint density at radius 1 is 1.16 bits per heavy atom. The van der Waals surface area contributed by atoms with Gasteiger partial charge in [0.15, 0.2) is 16.7 Å². The van der Waals surface area contributed by atoms with Crippen LogP contribution in [-0.4, -0.2) is 36.3 Å². The number of unbranched alkanes of at least 4 members (excludes halogenated alkanes) is 1. The zero-order chi connectivity index (χ0) is 22.9. The summed E-state index contributed by atoms with van der Waals surface area (Å²) in [5, 5.41) is 11.5. The molecule has 0 aliphatic carbocycles. The van der Waals surface area contributed by atoms with E-state index in [0.29, 0.717) is 35.6 Å². The first-order valence-corrected chi connectivity index (χ1v) is 11.9. The normalized spacial score (nSPS) is 17.3. The number of nitrogens with one attached hydrogen (secondary N) is 1. The highest BCUT2D eigenvalue weighted by molar-refractivity contribution is 8.15. The van der Waals surface area contributed by atoms with E-state index in [-0.39, 0.29) is 11.2 Å². The Morgan fingerprint density at radius 2 is 1.94 bits per heavy atom. The fourth-order valence-electron chi connectivity index (χ4n) is 3.20. The quantitative estimate of drug-likeness (QED) is 0.306. The molecule has 0 radical (unpaired) electrons. The van der Waals surface area contributed by atoms with E-state index in [1.54, 1.807) is 13.3 Å². The van der Waals surface area contributed by atoms with Gasteiger partial charge in [0, 0.05) is 0 Å². The van der Waals surface area contributed by atoms with Gasteiger partial charge in [-0.1, -0.05) is 63.2 Å². The number of hydrogen-bond donors (Lipinski definition) is 1. The van der Waals surface area contributed by atoms with Crippen LogP contribution in [0.4, 0.5) is 0 Å². The van der Waals surface area contributed by atoms with Crippen LogP contribution < -0.4 is 14.8 Å². The first-order valence-electron chi connectivity index (χ1n) is 11.0. The van der Waals surface area contributed by atoms with Crippen molar-refractivity contribution >= 4 is 29.1 Å². The molecule has 0 saturated carbocycles. The third-order valence-corrected chi connectivity index (χ3v) is 6.21. The van der Waals surface area contributed by atoms with Gasteiger partial charge in [-0.25, -0.2) is 0 Å². The summed E-state index contributed by atoms with van der Waals surface area (Å²) in [6.45, 7) is 7.13. The number of thioether (sulfide) groups is 1. The van der Waals surface area contributed by atoms with Gasteiger partial charge >= 0.3 is 0 Å². The van der Waals surface area contributed by atoms with Crippen LogP contribution in [-0.2, 0) is 11.2 Å². The molecule has 32 heavy (non-hydrogen) atoms. The number of amides is 1. The molecule has 0 unspecified atom stereocenters. The van der Waals surface area contributed by atoms with Gasteiger partial charge in [0.2, 0.25) is 5.91 Å². The molecule has 0 spiro atoms. The van der Waals surface area contributed by atoms with E-state index >= 15 is 0 Å². The molecule has 2 aromatic carbocycles. The van der Waals surface area contributed by atoms with Crippen molar-refractivity contribution < 1.29 is 14.3 Å². The minimum atomic E-state index is -0.200. The lowest BCUT2D eigenvalue weighted by atomic mass is 10.0.